The molecule has 3 aromatic rings. The largest absolute Gasteiger partial charge is 0.327 e. The van der Waals surface area contributed by atoms with Crippen LogP contribution in [0.25, 0.3) is 11.0 Å². The van der Waals surface area contributed by atoms with Crippen LogP contribution in [0.1, 0.15) is 87.2 Å². The van der Waals surface area contributed by atoms with Crippen molar-refractivity contribution in [1.82, 2.24) is 19.4 Å². The Balaban J connectivity index is 1.32. The molecule has 2 bridgehead atoms. The normalized spacial score (nSPS) is 25.0. The number of aromatic amines is 1. The third-order valence-corrected chi connectivity index (χ3v) is 8.68. The maximum absolute atomic E-state index is 13.8. The number of para-hydroxylation sites is 2. The summed E-state index contributed by atoms with van der Waals surface area (Å²) in [4.78, 5) is 48.2. The van der Waals surface area contributed by atoms with Crippen molar-refractivity contribution in [1.29, 1.82) is 0 Å². The van der Waals surface area contributed by atoms with Gasteiger partial charge in [-0.05, 0) is 56.7 Å². The summed E-state index contributed by atoms with van der Waals surface area (Å²) in [5.74, 6) is -0.563. The van der Waals surface area contributed by atoms with Crippen molar-refractivity contribution in [3.05, 3.63) is 69.0 Å². The van der Waals surface area contributed by atoms with Crippen LogP contribution in [0.4, 0.5) is 5.69 Å². The van der Waals surface area contributed by atoms with Crippen LogP contribution < -0.4 is 16.4 Å². The molecule has 8 heteroatoms. The molecule has 0 spiro atoms. The average Bonchev–Trinajstić information content (AvgIpc) is 3.13. The van der Waals surface area contributed by atoms with Gasteiger partial charge in [0.15, 0.2) is 5.69 Å². The van der Waals surface area contributed by atoms with Gasteiger partial charge in [-0.1, -0.05) is 44.2 Å². The smallest absolute Gasteiger partial charge is 0.282 e. The maximum Gasteiger partial charge on any atom is 0.282 e. The zero-order valence-electron chi connectivity index (χ0n) is 21.2. The average molecular weight is 502 g/mol. The Bertz CT molecular complexity index is 1370. The number of nitrogens with one attached hydrogen (secondary N) is 2. The number of benzene rings is 1. The van der Waals surface area contributed by atoms with Crippen molar-refractivity contribution in [3.63, 3.8) is 0 Å². The number of piperidine rings is 1. The van der Waals surface area contributed by atoms with Gasteiger partial charge < -0.3 is 14.9 Å². The summed E-state index contributed by atoms with van der Waals surface area (Å²) < 4.78 is 1.85. The predicted molar refractivity (Wildman–Crippen MR) is 144 cm³/mol. The third kappa shape index (κ3) is 4.75. The predicted octanol–water partition coefficient (Wildman–Crippen LogP) is 4.62. The Labute approximate surface area is 216 Å². The number of pyridine rings is 1. The molecule has 3 aliphatic rings. The second kappa shape index (κ2) is 10.2. The fraction of sp³-hybridized carbons (Fsp3) is 0.517. The van der Waals surface area contributed by atoms with Gasteiger partial charge in [0, 0.05) is 36.4 Å². The third-order valence-electron chi connectivity index (χ3n) is 8.68. The molecule has 8 nitrogen and oxygen atoms in total. The van der Waals surface area contributed by atoms with Crippen LogP contribution in [0.15, 0.2) is 52.2 Å². The summed E-state index contributed by atoms with van der Waals surface area (Å²) in [6, 6.07) is 12.2. The van der Waals surface area contributed by atoms with E-state index in [0.717, 1.165) is 18.4 Å². The van der Waals surface area contributed by atoms with Crippen LogP contribution in [0, 0.1) is 0 Å². The number of rotatable bonds is 4. The molecule has 2 aliphatic heterocycles. The molecule has 3 fully saturated rings. The van der Waals surface area contributed by atoms with Crippen molar-refractivity contribution in [2.75, 3.05) is 5.32 Å². The van der Waals surface area contributed by atoms with E-state index < -0.39 is 5.91 Å². The summed E-state index contributed by atoms with van der Waals surface area (Å²) in [5.41, 5.74) is 1.13. The highest BCUT2D eigenvalue weighted by atomic mass is 16.2. The van der Waals surface area contributed by atoms with Crippen molar-refractivity contribution in [2.45, 2.75) is 94.8 Å². The van der Waals surface area contributed by atoms with Crippen molar-refractivity contribution >= 4 is 22.6 Å². The van der Waals surface area contributed by atoms with E-state index in [0.29, 0.717) is 29.3 Å². The number of fused-ring (bicyclic) bond motifs is 3. The number of amides is 1. The van der Waals surface area contributed by atoms with Crippen molar-refractivity contribution in [2.24, 2.45) is 0 Å². The summed E-state index contributed by atoms with van der Waals surface area (Å²) in [7, 11) is 0. The number of H-pyrrole nitrogens is 1. The molecule has 1 aliphatic carbocycles. The first-order chi connectivity index (χ1) is 18.1. The fourth-order valence-electron chi connectivity index (χ4n) is 7.07. The van der Waals surface area contributed by atoms with Crippen LogP contribution in [0.3, 0.4) is 0 Å². The molecule has 1 saturated carbocycles. The molecule has 4 heterocycles. The molecule has 6 rings (SSSR count). The lowest BCUT2D eigenvalue weighted by molar-refractivity contribution is 0.0497. The zero-order chi connectivity index (χ0) is 25.4. The van der Waals surface area contributed by atoms with Gasteiger partial charge in [-0.2, -0.15) is 0 Å². The molecular formula is C29H35N5O3. The van der Waals surface area contributed by atoms with E-state index in [-0.39, 0.29) is 22.9 Å². The highest BCUT2D eigenvalue weighted by Gasteiger charge is 2.44. The van der Waals surface area contributed by atoms with Gasteiger partial charge in [-0.25, -0.2) is 4.98 Å². The standard InChI is InChI=1S/C29H35N5O3/c35-26-15-12-19(18-30-26)31-28(36)27-29(37)34(25-11-7-6-10-24(25)32-27)23-16-21-13-14-22(17-23)33(21)20-8-4-2-1-3-5-9-20/h6-7,10-12,15,18,20-23H,1-5,8-9,13-14,16-17H2,(H,30,35)(H,31,36)/t21-,22+,23+. The van der Waals surface area contributed by atoms with Crippen LogP contribution >= 0.6 is 0 Å². The second-order valence-corrected chi connectivity index (χ2v) is 11.0. The Hall–Kier alpha value is -3.26. The summed E-state index contributed by atoms with van der Waals surface area (Å²) in [6.07, 6.45) is 15.0. The van der Waals surface area contributed by atoms with Crippen LogP contribution in [-0.2, 0) is 0 Å². The number of anilines is 1. The Morgan fingerprint density at radius 3 is 2.24 bits per heavy atom. The number of carbonyl (C=O) groups excluding carboxylic acids is 1. The first-order valence-corrected chi connectivity index (χ1v) is 13.9. The molecule has 2 N–H and O–H groups in total. The van der Waals surface area contributed by atoms with E-state index in [2.05, 4.69) is 20.2 Å². The lowest BCUT2D eigenvalue weighted by atomic mass is 9.89. The van der Waals surface area contributed by atoms with Crippen LogP contribution in [-0.4, -0.2) is 43.5 Å². The van der Waals surface area contributed by atoms with Gasteiger partial charge in [0.1, 0.15) is 0 Å². The molecule has 194 valence electrons. The minimum atomic E-state index is -0.563. The van der Waals surface area contributed by atoms with Gasteiger partial charge in [0.25, 0.3) is 11.5 Å². The number of aromatic nitrogens is 3. The summed E-state index contributed by atoms with van der Waals surface area (Å²) in [5, 5.41) is 2.72. The van der Waals surface area contributed by atoms with Gasteiger partial charge in [0.05, 0.1) is 16.7 Å². The molecule has 37 heavy (non-hydrogen) atoms. The van der Waals surface area contributed by atoms with E-state index in [1.165, 1.54) is 76.1 Å². The Morgan fingerprint density at radius 2 is 1.54 bits per heavy atom. The van der Waals surface area contributed by atoms with E-state index in [4.69, 9.17) is 0 Å². The quantitative estimate of drug-likeness (QED) is 0.544. The zero-order valence-corrected chi connectivity index (χ0v) is 21.2. The molecular weight excluding hydrogens is 466 g/mol. The number of carbonyl (C=O) groups is 1. The number of nitrogens with zero attached hydrogens (tertiary/aromatic N) is 3. The summed E-state index contributed by atoms with van der Waals surface area (Å²) >= 11 is 0. The first kappa shape index (κ1) is 24.1. The minimum absolute atomic E-state index is 0.0438. The molecule has 2 aromatic heterocycles. The maximum atomic E-state index is 13.8. The summed E-state index contributed by atoms with van der Waals surface area (Å²) in [6.45, 7) is 0. The van der Waals surface area contributed by atoms with E-state index >= 15 is 0 Å². The molecule has 1 amide bonds. The van der Waals surface area contributed by atoms with E-state index in [1.54, 1.807) is 0 Å². The monoisotopic (exact) mass is 501 g/mol. The highest BCUT2D eigenvalue weighted by molar-refractivity contribution is 6.03. The minimum Gasteiger partial charge on any atom is -0.327 e. The number of hydrogen-bond acceptors (Lipinski definition) is 5. The molecule has 1 aromatic carbocycles. The van der Waals surface area contributed by atoms with Gasteiger partial charge in [0.2, 0.25) is 5.56 Å². The Morgan fingerprint density at radius 1 is 0.838 bits per heavy atom. The fourth-order valence-corrected chi connectivity index (χ4v) is 7.07. The lowest BCUT2D eigenvalue weighted by Crippen LogP contribution is -2.50. The van der Waals surface area contributed by atoms with E-state index in [1.807, 2.05) is 28.8 Å². The topological polar surface area (TPSA) is 100 Å². The molecule has 0 radical (unpaired) electrons. The van der Waals surface area contributed by atoms with E-state index in [9.17, 15) is 14.4 Å². The van der Waals surface area contributed by atoms with Crippen LogP contribution in [0.2, 0.25) is 0 Å². The van der Waals surface area contributed by atoms with Crippen molar-refractivity contribution < 1.29 is 4.79 Å². The Kier molecular flexibility index (Phi) is 6.67. The highest BCUT2D eigenvalue weighted by Crippen LogP contribution is 2.44. The number of hydrogen-bond donors (Lipinski definition) is 2. The van der Waals surface area contributed by atoms with Gasteiger partial charge in [-0.15, -0.1) is 0 Å². The van der Waals surface area contributed by atoms with Crippen molar-refractivity contribution in [3.8, 4) is 0 Å². The van der Waals surface area contributed by atoms with Gasteiger partial charge in [-0.3, -0.25) is 19.3 Å². The first-order valence-electron chi connectivity index (χ1n) is 13.9. The molecule has 2 saturated heterocycles. The lowest BCUT2D eigenvalue weighted by Gasteiger charge is -2.45. The molecule has 0 unspecified atom stereocenters. The SMILES string of the molecule is O=C(Nc1ccc(=O)[nH]c1)c1nc2ccccc2n([C@H]2C[C@H]3CC[C@@H](C2)N3C2CCCCCCC2)c1=O. The van der Waals surface area contributed by atoms with Crippen LogP contribution in [0.5, 0.6) is 0 Å². The second-order valence-electron chi connectivity index (χ2n) is 11.0. The molecule has 3 atom stereocenters. The van der Waals surface area contributed by atoms with Gasteiger partial charge >= 0.3 is 0 Å².